The van der Waals surface area contributed by atoms with Crippen LogP contribution in [-0.2, 0) is 16.6 Å². The summed E-state index contributed by atoms with van der Waals surface area (Å²) in [6.07, 6.45) is 0. The molecule has 32 heavy (non-hydrogen) atoms. The minimum atomic E-state index is -3.46. The summed E-state index contributed by atoms with van der Waals surface area (Å²) in [6, 6.07) is 17.0. The van der Waals surface area contributed by atoms with Gasteiger partial charge in [-0.25, -0.2) is 8.42 Å². The Bertz CT molecular complexity index is 1280. The maximum Gasteiger partial charge on any atom is 0.256 e. The first-order valence-corrected chi connectivity index (χ1v) is 12.3. The zero-order chi connectivity index (χ0) is 22.3. The largest absolute Gasteiger partial charge is 0.367 e. The van der Waals surface area contributed by atoms with Crippen molar-refractivity contribution < 1.29 is 13.2 Å². The van der Waals surface area contributed by atoms with E-state index in [0.29, 0.717) is 43.2 Å². The normalized spacial score (nSPS) is 16.3. The molecule has 0 aliphatic carbocycles. The molecule has 1 fully saturated rings. The Morgan fingerprint density at radius 2 is 1.75 bits per heavy atom. The molecule has 5 rings (SSSR count). The molecule has 0 spiro atoms. The van der Waals surface area contributed by atoms with Crippen molar-refractivity contribution in [2.45, 2.75) is 18.4 Å². The van der Waals surface area contributed by atoms with Crippen molar-refractivity contribution in [1.82, 2.24) is 9.62 Å². The number of nitrogens with one attached hydrogen (secondary N) is 2. The van der Waals surface area contributed by atoms with E-state index in [1.165, 1.54) is 0 Å². The fourth-order valence-electron chi connectivity index (χ4n) is 4.54. The molecule has 1 saturated heterocycles. The highest BCUT2D eigenvalue weighted by Crippen LogP contribution is 2.38. The second-order valence-electron chi connectivity index (χ2n) is 8.13. The molecule has 2 heterocycles. The molecule has 7 nitrogen and oxygen atoms in total. The molecule has 1 amide bonds. The summed E-state index contributed by atoms with van der Waals surface area (Å²) in [4.78, 5) is 14.8. The van der Waals surface area contributed by atoms with Crippen LogP contribution in [0.2, 0.25) is 0 Å². The predicted molar refractivity (Wildman–Crippen MR) is 127 cm³/mol. The van der Waals surface area contributed by atoms with Gasteiger partial charge >= 0.3 is 0 Å². The van der Waals surface area contributed by atoms with E-state index >= 15 is 0 Å². The van der Waals surface area contributed by atoms with Crippen LogP contribution in [-0.4, -0.2) is 51.4 Å². The van der Waals surface area contributed by atoms with Crippen LogP contribution in [0.1, 0.15) is 22.8 Å². The average Bonchev–Trinajstić information content (AvgIpc) is 3.16. The number of carbonyl (C=O) groups excluding carboxylic acids is 1. The first-order chi connectivity index (χ1) is 15.5. The minimum Gasteiger partial charge on any atom is -0.367 e. The monoisotopic (exact) mass is 450 g/mol. The van der Waals surface area contributed by atoms with Crippen LogP contribution in [0.3, 0.4) is 0 Å². The number of hydrogen-bond donors (Lipinski definition) is 2. The molecule has 3 aromatic carbocycles. The fourth-order valence-corrected chi connectivity index (χ4v) is 5.98. The van der Waals surface area contributed by atoms with E-state index in [1.807, 2.05) is 42.5 Å². The SMILES string of the molecule is CCN(Cc1ccc(S(=O)(=O)N2CCNCC2)cc1)c1ccc2c3c(cccc13)C(=O)N2. The van der Waals surface area contributed by atoms with Crippen molar-refractivity contribution in [1.29, 1.82) is 0 Å². The zero-order valence-electron chi connectivity index (χ0n) is 18.0. The van der Waals surface area contributed by atoms with Crippen molar-refractivity contribution >= 4 is 38.1 Å². The third-order valence-electron chi connectivity index (χ3n) is 6.24. The third-order valence-corrected chi connectivity index (χ3v) is 8.16. The molecule has 166 valence electrons. The van der Waals surface area contributed by atoms with E-state index in [1.54, 1.807) is 16.4 Å². The molecule has 2 aliphatic rings. The van der Waals surface area contributed by atoms with Gasteiger partial charge in [0.1, 0.15) is 0 Å². The minimum absolute atomic E-state index is 0.0629. The van der Waals surface area contributed by atoms with Crippen molar-refractivity contribution in [3.8, 4) is 0 Å². The summed E-state index contributed by atoms with van der Waals surface area (Å²) in [5, 5.41) is 8.12. The predicted octanol–water partition coefficient (Wildman–Crippen LogP) is 3.03. The standard InChI is InChI=1S/C24H26N4O3S/c1-2-27(22-11-10-21-23-19(22)4-3-5-20(23)24(29)26-21)16-17-6-8-18(9-7-17)32(30,31)28-14-12-25-13-15-28/h3-11,25H,2,12-16H2,1H3,(H,26,29). The molecular formula is C24H26N4O3S. The second kappa shape index (κ2) is 8.20. The van der Waals surface area contributed by atoms with Gasteiger partial charge < -0.3 is 15.5 Å². The molecule has 8 heteroatoms. The molecule has 0 atom stereocenters. The number of benzene rings is 3. The van der Waals surface area contributed by atoms with Crippen LogP contribution in [0, 0.1) is 0 Å². The molecule has 3 aromatic rings. The number of nitrogens with zero attached hydrogens (tertiary/aromatic N) is 2. The van der Waals surface area contributed by atoms with Gasteiger partial charge in [0.2, 0.25) is 10.0 Å². The van der Waals surface area contributed by atoms with Crippen LogP contribution < -0.4 is 15.5 Å². The highest BCUT2D eigenvalue weighted by molar-refractivity contribution is 7.89. The third kappa shape index (κ3) is 3.54. The van der Waals surface area contributed by atoms with Crippen molar-refractivity contribution in [3.63, 3.8) is 0 Å². The van der Waals surface area contributed by atoms with Crippen molar-refractivity contribution in [3.05, 3.63) is 65.7 Å². The lowest BCUT2D eigenvalue weighted by molar-refractivity contribution is 0.103. The number of carbonyl (C=O) groups is 1. The Labute approximate surface area is 188 Å². The lowest BCUT2D eigenvalue weighted by Gasteiger charge is -2.27. The topological polar surface area (TPSA) is 81.8 Å². The highest BCUT2D eigenvalue weighted by atomic mass is 32.2. The van der Waals surface area contributed by atoms with Gasteiger partial charge in [-0.2, -0.15) is 4.31 Å². The van der Waals surface area contributed by atoms with E-state index in [-0.39, 0.29) is 5.91 Å². The summed E-state index contributed by atoms with van der Waals surface area (Å²) in [6.45, 7) is 5.87. The number of sulfonamides is 1. The summed E-state index contributed by atoms with van der Waals surface area (Å²) in [5.41, 5.74) is 3.64. The summed E-state index contributed by atoms with van der Waals surface area (Å²) in [5.74, 6) is -0.0629. The number of hydrogen-bond acceptors (Lipinski definition) is 5. The molecule has 0 unspecified atom stereocenters. The Morgan fingerprint density at radius 3 is 2.47 bits per heavy atom. The van der Waals surface area contributed by atoms with E-state index < -0.39 is 10.0 Å². The van der Waals surface area contributed by atoms with Gasteiger partial charge in [0.05, 0.1) is 4.90 Å². The fraction of sp³-hybridized carbons (Fsp3) is 0.292. The van der Waals surface area contributed by atoms with Gasteiger partial charge in [-0.05, 0) is 42.8 Å². The molecule has 2 aliphatic heterocycles. The summed E-state index contributed by atoms with van der Waals surface area (Å²) < 4.78 is 27.3. The lowest BCUT2D eigenvalue weighted by atomic mass is 10.0. The van der Waals surface area contributed by atoms with Crippen LogP contribution in [0.4, 0.5) is 11.4 Å². The molecule has 2 N–H and O–H groups in total. The molecule has 0 bridgehead atoms. The Kier molecular flexibility index (Phi) is 5.36. The first kappa shape index (κ1) is 20.9. The molecule has 0 saturated carbocycles. The average molecular weight is 451 g/mol. The maximum atomic E-state index is 12.9. The number of amides is 1. The quantitative estimate of drug-likeness (QED) is 0.603. The van der Waals surface area contributed by atoms with Crippen LogP contribution in [0.25, 0.3) is 10.8 Å². The number of piperazine rings is 1. The molecular weight excluding hydrogens is 424 g/mol. The highest BCUT2D eigenvalue weighted by Gasteiger charge is 2.26. The molecule has 0 radical (unpaired) electrons. The van der Waals surface area contributed by atoms with Crippen LogP contribution in [0.15, 0.2) is 59.5 Å². The maximum absolute atomic E-state index is 12.9. The Morgan fingerprint density at radius 1 is 1.00 bits per heavy atom. The van der Waals surface area contributed by atoms with Crippen molar-refractivity contribution in [2.24, 2.45) is 0 Å². The van der Waals surface area contributed by atoms with Crippen molar-refractivity contribution in [2.75, 3.05) is 42.9 Å². The smallest absolute Gasteiger partial charge is 0.256 e. The second-order valence-corrected chi connectivity index (χ2v) is 10.1. The van der Waals surface area contributed by atoms with Gasteiger partial charge in [0, 0.05) is 67.0 Å². The van der Waals surface area contributed by atoms with Gasteiger partial charge in [-0.1, -0.05) is 24.3 Å². The van der Waals surface area contributed by atoms with E-state index in [4.69, 9.17) is 0 Å². The van der Waals surface area contributed by atoms with Gasteiger partial charge in [0.25, 0.3) is 5.91 Å². The van der Waals surface area contributed by atoms with Crippen LogP contribution in [0.5, 0.6) is 0 Å². The van der Waals surface area contributed by atoms with E-state index in [0.717, 1.165) is 34.3 Å². The Hall–Kier alpha value is -2.94. The van der Waals surface area contributed by atoms with Gasteiger partial charge in [-0.3, -0.25) is 4.79 Å². The summed E-state index contributed by atoms with van der Waals surface area (Å²) >= 11 is 0. The molecule has 0 aromatic heterocycles. The van der Waals surface area contributed by atoms with E-state index in [2.05, 4.69) is 22.5 Å². The Balaban J connectivity index is 1.42. The summed E-state index contributed by atoms with van der Waals surface area (Å²) in [7, 11) is -3.46. The number of anilines is 2. The zero-order valence-corrected chi connectivity index (χ0v) is 18.8. The van der Waals surface area contributed by atoms with Gasteiger partial charge in [0.15, 0.2) is 0 Å². The number of rotatable bonds is 6. The van der Waals surface area contributed by atoms with Crippen LogP contribution >= 0.6 is 0 Å². The van der Waals surface area contributed by atoms with Gasteiger partial charge in [-0.15, -0.1) is 0 Å². The first-order valence-electron chi connectivity index (χ1n) is 10.9. The lowest BCUT2D eigenvalue weighted by Crippen LogP contribution is -2.46. The van der Waals surface area contributed by atoms with E-state index in [9.17, 15) is 13.2 Å².